The van der Waals surface area contributed by atoms with Crippen molar-refractivity contribution in [3.8, 4) is 0 Å². The molecule has 0 unspecified atom stereocenters. The van der Waals surface area contributed by atoms with Crippen LogP contribution in [0.1, 0.15) is 5.56 Å². The van der Waals surface area contributed by atoms with Crippen LogP contribution in [0.3, 0.4) is 0 Å². The second kappa shape index (κ2) is 5.70. The van der Waals surface area contributed by atoms with Crippen LogP contribution in [0.25, 0.3) is 0 Å². The summed E-state index contributed by atoms with van der Waals surface area (Å²) in [4.78, 5) is 19.0. The minimum absolute atomic E-state index is 0.141. The first-order valence-corrected chi connectivity index (χ1v) is 8.04. The first-order chi connectivity index (χ1) is 11.2. The lowest BCUT2D eigenvalue weighted by Gasteiger charge is -2.36. The number of aromatic nitrogens is 2. The van der Waals surface area contributed by atoms with E-state index in [1.807, 2.05) is 58.1 Å². The van der Waals surface area contributed by atoms with Gasteiger partial charge in [0.05, 0.1) is 12.2 Å². The van der Waals surface area contributed by atoms with Crippen LogP contribution in [0.2, 0.25) is 0 Å². The molecule has 0 N–H and O–H groups in total. The predicted molar refractivity (Wildman–Crippen MR) is 88.2 cm³/mol. The van der Waals surface area contributed by atoms with Crippen molar-refractivity contribution in [1.82, 2.24) is 19.6 Å². The molecule has 1 aromatic heterocycles. The van der Waals surface area contributed by atoms with Gasteiger partial charge in [0, 0.05) is 57.2 Å². The van der Waals surface area contributed by atoms with E-state index >= 15 is 0 Å². The maximum atomic E-state index is 12.6. The molecule has 120 valence electrons. The highest BCUT2D eigenvalue weighted by Crippen LogP contribution is 2.26. The summed E-state index contributed by atoms with van der Waals surface area (Å²) in [5, 5.41) is 4.23. The molecule has 0 radical (unpaired) electrons. The number of carbonyl (C=O) groups is 1. The van der Waals surface area contributed by atoms with E-state index in [1.165, 1.54) is 5.56 Å². The van der Waals surface area contributed by atoms with Crippen molar-refractivity contribution in [2.45, 2.75) is 12.6 Å². The molecule has 2 fully saturated rings. The van der Waals surface area contributed by atoms with E-state index in [1.54, 1.807) is 0 Å². The number of carbonyl (C=O) groups excluding carboxylic acids is 1. The van der Waals surface area contributed by atoms with Gasteiger partial charge < -0.3 is 4.90 Å². The van der Waals surface area contributed by atoms with E-state index in [4.69, 9.17) is 0 Å². The normalized spacial score (nSPS) is 21.8. The van der Waals surface area contributed by atoms with Crippen LogP contribution in [0.15, 0.2) is 42.7 Å². The van der Waals surface area contributed by atoms with Crippen LogP contribution in [-0.4, -0.2) is 57.8 Å². The van der Waals surface area contributed by atoms with Crippen molar-refractivity contribution in [2.75, 3.05) is 31.1 Å². The molecule has 3 heterocycles. The minimum atomic E-state index is 0.141. The zero-order chi connectivity index (χ0) is 15.8. The fourth-order valence-electron chi connectivity index (χ4n) is 3.55. The van der Waals surface area contributed by atoms with Gasteiger partial charge in [-0.15, -0.1) is 0 Å². The number of fused-ring (bicyclic) bond motifs is 1. The number of rotatable bonds is 3. The van der Waals surface area contributed by atoms with Gasteiger partial charge in [0.1, 0.15) is 0 Å². The van der Waals surface area contributed by atoms with Gasteiger partial charge in [0.25, 0.3) is 0 Å². The molecule has 0 saturated carbocycles. The average molecular weight is 311 g/mol. The van der Waals surface area contributed by atoms with Gasteiger partial charge in [0.2, 0.25) is 0 Å². The van der Waals surface area contributed by atoms with Gasteiger partial charge in [-0.1, -0.05) is 18.2 Å². The number of nitrogens with zero attached hydrogens (tertiary/aromatic N) is 5. The second-order valence-electron chi connectivity index (χ2n) is 6.33. The van der Waals surface area contributed by atoms with Crippen molar-refractivity contribution in [3.63, 3.8) is 0 Å². The van der Waals surface area contributed by atoms with Crippen molar-refractivity contribution in [1.29, 1.82) is 0 Å². The van der Waals surface area contributed by atoms with E-state index < -0.39 is 0 Å². The molecule has 0 aliphatic carbocycles. The highest BCUT2D eigenvalue weighted by Gasteiger charge is 2.41. The number of hydrogen-bond donors (Lipinski definition) is 0. The van der Waals surface area contributed by atoms with E-state index in [9.17, 15) is 4.79 Å². The number of para-hydroxylation sites is 1. The van der Waals surface area contributed by atoms with E-state index in [-0.39, 0.29) is 12.1 Å². The van der Waals surface area contributed by atoms with E-state index in [0.717, 1.165) is 38.4 Å². The van der Waals surface area contributed by atoms with Crippen molar-refractivity contribution < 1.29 is 4.79 Å². The zero-order valence-corrected chi connectivity index (χ0v) is 13.3. The molecular weight excluding hydrogens is 290 g/mol. The number of anilines is 1. The lowest BCUT2D eigenvalue weighted by Crippen LogP contribution is -2.51. The average Bonchev–Trinajstić information content (AvgIpc) is 3.12. The highest BCUT2D eigenvalue weighted by molar-refractivity contribution is 5.94. The summed E-state index contributed by atoms with van der Waals surface area (Å²) < 4.78 is 1.84. The maximum absolute atomic E-state index is 12.6. The highest BCUT2D eigenvalue weighted by atomic mass is 16.2. The molecular formula is C17H21N5O. The summed E-state index contributed by atoms with van der Waals surface area (Å²) in [6, 6.07) is 10.4. The smallest absolute Gasteiger partial charge is 0.317 e. The second-order valence-corrected chi connectivity index (χ2v) is 6.33. The van der Waals surface area contributed by atoms with Crippen molar-refractivity contribution in [2.24, 2.45) is 7.05 Å². The van der Waals surface area contributed by atoms with Gasteiger partial charge in [-0.2, -0.15) is 5.10 Å². The Morgan fingerprint density at radius 1 is 1.17 bits per heavy atom. The summed E-state index contributed by atoms with van der Waals surface area (Å²) in [6.07, 6.45) is 3.98. The fourth-order valence-corrected chi connectivity index (χ4v) is 3.55. The Morgan fingerprint density at radius 2 is 2.00 bits per heavy atom. The van der Waals surface area contributed by atoms with Crippen LogP contribution in [-0.2, 0) is 13.6 Å². The van der Waals surface area contributed by atoms with Gasteiger partial charge in [-0.25, -0.2) is 4.79 Å². The third-order valence-corrected chi connectivity index (χ3v) is 4.67. The molecule has 6 nitrogen and oxygen atoms in total. The van der Waals surface area contributed by atoms with Crippen LogP contribution in [0, 0.1) is 0 Å². The van der Waals surface area contributed by atoms with Crippen LogP contribution >= 0.6 is 0 Å². The Labute approximate surface area is 135 Å². The van der Waals surface area contributed by atoms with Gasteiger partial charge in [-0.3, -0.25) is 14.5 Å². The maximum Gasteiger partial charge on any atom is 0.324 e. The lowest BCUT2D eigenvalue weighted by atomic mass is 10.2. The number of urea groups is 1. The molecule has 0 spiro atoms. The van der Waals surface area contributed by atoms with Crippen molar-refractivity contribution in [3.05, 3.63) is 48.3 Å². The summed E-state index contributed by atoms with van der Waals surface area (Å²) in [5.74, 6) is 0. The zero-order valence-electron chi connectivity index (χ0n) is 13.3. The first-order valence-electron chi connectivity index (χ1n) is 8.04. The van der Waals surface area contributed by atoms with Gasteiger partial charge in [-0.05, 0) is 12.1 Å². The number of hydrogen-bond acceptors (Lipinski definition) is 3. The molecule has 4 rings (SSSR count). The molecule has 2 aliphatic heterocycles. The molecule has 1 aromatic carbocycles. The molecule has 23 heavy (non-hydrogen) atoms. The van der Waals surface area contributed by atoms with Gasteiger partial charge >= 0.3 is 6.03 Å². The summed E-state index contributed by atoms with van der Waals surface area (Å²) in [6.45, 7) is 4.31. The Bertz CT molecular complexity index is 698. The Balaban J connectivity index is 1.45. The van der Waals surface area contributed by atoms with E-state index in [2.05, 4.69) is 16.2 Å². The Kier molecular flexibility index (Phi) is 3.53. The third-order valence-electron chi connectivity index (χ3n) is 4.67. The lowest BCUT2D eigenvalue weighted by molar-refractivity contribution is 0.116. The van der Waals surface area contributed by atoms with Crippen molar-refractivity contribution >= 4 is 11.7 Å². The molecule has 6 heteroatoms. The molecule has 2 aromatic rings. The summed E-state index contributed by atoms with van der Waals surface area (Å²) in [5.41, 5.74) is 2.22. The Morgan fingerprint density at radius 3 is 2.74 bits per heavy atom. The van der Waals surface area contributed by atoms with Crippen LogP contribution in [0.4, 0.5) is 10.5 Å². The molecule has 2 amide bonds. The third kappa shape index (κ3) is 2.70. The summed E-state index contributed by atoms with van der Waals surface area (Å²) >= 11 is 0. The van der Waals surface area contributed by atoms with E-state index in [0.29, 0.717) is 0 Å². The van der Waals surface area contributed by atoms with Crippen LogP contribution in [0.5, 0.6) is 0 Å². The number of piperazine rings is 1. The monoisotopic (exact) mass is 311 g/mol. The molecule has 2 saturated heterocycles. The standard InChI is InChI=1S/C17H21N5O/c1-19-10-14(9-18-19)11-20-7-8-21-16(12-20)13-22(17(21)23)15-5-3-2-4-6-15/h2-6,9-10,16H,7-8,11-13H2,1H3/t16-/m1/s1. The topological polar surface area (TPSA) is 44.6 Å². The summed E-state index contributed by atoms with van der Waals surface area (Å²) in [7, 11) is 1.94. The molecule has 0 bridgehead atoms. The first kappa shape index (κ1) is 14.3. The largest absolute Gasteiger partial charge is 0.324 e. The Hall–Kier alpha value is -2.34. The number of aryl methyl sites for hydroxylation is 1. The number of benzene rings is 1. The molecule has 2 aliphatic rings. The quantitative estimate of drug-likeness (QED) is 0.864. The number of amides is 2. The minimum Gasteiger partial charge on any atom is -0.317 e. The fraction of sp³-hybridized carbons (Fsp3) is 0.412. The van der Waals surface area contributed by atoms with Crippen LogP contribution < -0.4 is 4.90 Å². The molecule has 1 atom stereocenters. The van der Waals surface area contributed by atoms with Gasteiger partial charge in [0.15, 0.2) is 0 Å². The SMILES string of the molecule is Cn1cc(CN2CCN3C(=O)N(c4ccccc4)C[C@H]3C2)cn1. The predicted octanol–water partition coefficient (Wildman–Crippen LogP) is 1.55.